The van der Waals surface area contributed by atoms with Crippen LogP contribution in [-0.4, -0.2) is 63.9 Å². The second-order valence-corrected chi connectivity index (χ2v) is 10.5. The van der Waals surface area contributed by atoms with Gasteiger partial charge in [0, 0.05) is 18.3 Å². The van der Waals surface area contributed by atoms with E-state index in [-0.39, 0.29) is 30.4 Å². The Hall–Kier alpha value is -1.45. The van der Waals surface area contributed by atoms with E-state index in [1.54, 1.807) is 4.90 Å². The van der Waals surface area contributed by atoms with Gasteiger partial charge in [0.15, 0.2) is 9.84 Å². The number of amides is 1. The highest BCUT2D eigenvalue weighted by molar-refractivity contribution is 7.92. The largest absolute Gasteiger partial charge is 0.311 e. The second kappa shape index (κ2) is 6.12. The number of para-hydroxylation sites is 1. The number of sulfonamides is 1. The molecule has 3 rings (SSSR count). The Morgan fingerprint density at radius 1 is 1.33 bits per heavy atom. The van der Waals surface area contributed by atoms with E-state index in [1.165, 1.54) is 0 Å². The first kappa shape index (κ1) is 17.4. The van der Waals surface area contributed by atoms with Crippen molar-refractivity contribution in [3.05, 3.63) is 29.8 Å². The fraction of sp³-hybridized carbons (Fsp3) is 0.533. The average molecular weight is 372 g/mol. The molecule has 1 aromatic rings. The van der Waals surface area contributed by atoms with Crippen LogP contribution in [0.4, 0.5) is 5.69 Å². The zero-order valence-corrected chi connectivity index (χ0v) is 15.0. The molecule has 0 aromatic heterocycles. The van der Waals surface area contributed by atoms with Crippen LogP contribution < -0.4 is 4.90 Å². The highest BCUT2D eigenvalue weighted by atomic mass is 32.2. The fourth-order valence-electron chi connectivity index (χ4n) is 3.34. The number of carbonyl (C=O) groups excluding carboxylic acids is 1. The van der Waals surface area contributed by atoms with Gasteiger partial charge in [-0.3, -0.25) is 4.79 Å². The molecular weight excluding hydrogens is 352 g/mol. The van der Waals surface area contributed by atoms with Gasteiger partial charge in [0.05, 0.1) is 24.3 Å². The molecule has 1 aromatic carbocycles. The molecule has 9 heteroatoms. The first-order valence-corrected chi connectivity index (χ1v) is 11.4. The predicted octanol–water partition coefficient (Wildman–Crippen LogP) is 0.0244. The lowest BCUT2D eigenvalue weighted by molar-refractivity contribution is -0.119. The minimum absolute atomic E-state index is 0.0373. The van der Waals surface area contributed by atoms with E-state index in [1.807, 2.05) is 24.3 Å². The summed E-state index contributed by atoms with van der Waals surface area (Å²) in [7, 11) is -6.91. The molecule has 0 spiro atoms. The maximum atomic E-state index is 12.7. The summed E-state index contributed by atoms with van der Waals surface area (Å²) < 4.78 is 48.5. The molecule has 1 saturated heterocycles. The molecule has 1 amide bonds. The van der Waals surface area contributed by atoms with Crippen molar-refractivity contribution in [2.75, 3.05) is 35.8 Å². The standard InChI is InChI=1S/C15H20N2O5S2/c1-23(19,20)17(13-7-9-24(21,22)11-13)10-15(18)16-8-6-12-4-2-3-5-14(12)16/h2-5,13H,6-11H2,1H3. The van der Waals surface area contributed by atoms with Crippen LogP contribution in [0.3, 0.4) is 0 Å². The van der Waals surface area contributed by atoms with E-state index in [2.05, 4.69) is 0 Å². The third-order valence-corrected chi connectivity index (χ3v) is 7.55. The number of anilines is 1. The van der Waals surface area contributed by atoms with Crippen LogP contribution >= 0.6 is 0 Å². The number of fused-ring (bicyclic) bond motifs is 1. The summed E-state index contributed by atoms with van der Waals surface area (Å²) in [5.74, 6) is -0.580. The zero-order chi connectivity index (χ0) is 17.5. The molecule has 7 nitrogen and oxygen atoms in total. The molecule has 2 aliphatic heterocycles. The molecule has 0 radical (unpaired) electrons. The van der Waals surface area contributed by atoms with E-state index < -0.39 is 25.9 Å². The van der Waals surface area contributed by atoms with Crippen molar-refractivity contribution in [1.29, 1.82) is 0 Å². The second-order valence-electron chi connectivity index (χ2n) is 6.29. The van der Waals surface area contributed by atoms with E-state index >= 15 is 0 Å². The maximum Gasteiger partial charge on any atom is 0.242 e. The molecule has 0 bridgehead atoms. The lowest BCUT2D eigenvalue weighted by Crippen LogP contribution is -2.47. The van der Waals surface area contributed by atoms with Crippen molar-refractivity contribution in [1.82, 2.24) is 4.31 Å². The molecule has 1 unspecified atom stereocenters. The molecule has 1 atom stereocenters. The fourth-order valence-corrected chi connectivity index (χ4v) is 6.23. The van der Waals surface area contributed by atoms with Crippen LogP contribution in [0.2, 0.25) is 0 Å². The van der Waals surface area contributed by atoms with Gasteiger partial charge in [0.2, 0.25) is 15.9 Å². The molecule has 132 valence electrons. The smallest absolute Gasteiger partial charge is 0.242 e. The number of carbonyl (C=O) groups is 1. The average Bonchev–Trinajstić information content (AvgIpc) is 3.06. The summed E-state index contributed by atoms with van der Waals surface area (Å²) >= 11 is 0. The number of hydrogen-bond donors (Lipinski definition) is 0. The Labute approximate surface area is 142 Å². The first-order chi connectivity index (χ1) is 11.2. The lowest BCUT2D eigenvalue weighted by Gasteiger charge is -2.27. The normalized spacial score (nSPS) is 22.8. The van der Waals surface area contributed by atoms with Crippen LogP contribution in [0.1, 0.15) is 12.0 Å². The first-order valence-electron chi connectivity index (χ1n) is 7.73. The summed E-state index contributed by atoms with van der Waals surface area (Å²) in [6, 6.07) is 6.86. The van der Waals surface area contributed by atoms with Gasteiger partial charge in [-0.15, -0.1) is 0 Å². The van der Waals surface area contributed by atoms with Crippen molar-refractivity contribution >= 4 is 31.5 Å². The van der Waals surface area contributed by atoms with Gasteiger partial charge in [0.25, 0.3) is 0 Å². The lowest BCUT2D eigenvalue weighted by atomic mass is 10.2. The molecular formula is C15H20N2O5S2. The summed E-state index contributed by atoms with van der Waals surface area (Å²) in [4.78, 5) is 14.2. The molecule has 0 saturated carbocycles. The number of hydrogen-bond acceptors (Lipinski definition) is 5. The van der Waals surface area contributed by atoms with E-state index in [9.17, 15) is 21.6 Å². The highest BCUT2D eigenvalue weighted by Crippen LogP contribution is 2.28. The summed E-state index contributed by atoms with van der Waals surface area (Å²) in [5.41, 5.74) is 1.86. The van der Waals surface area contributed by atoms with Crippen molar-refractivity contribution in [2.24, 2.45) is 0 Å². The van der Waals surface area contributed by atoms with Gasteiger partial charge in [-0.2, -0.15) is 4.31 Å². The Morgan fingerprint density at radius 2 is 2.04 bits per heavy atom. The van der Waals surface area contributed by atoms with Crippen molar-refractivity contribution in [2.45, 2.75) is 18.9 Å². The molecule has 2 aliphatic rings. The Morgan fingerprint density at radius 3 is 2.67 bits per heavy atom. The van der Waals surface area contributed by atoms with Crippen LogP contribution in [0.15, 0.2) is 24.3 Å². The van der Waals surface area contributed by atoms with Crippen molar-refractivity contribution < 1.29 is 21.6 Å². The summed E-state index contributed by atoms with van der Waals surface area (Å²) in [6.07, 6.45) is 1.99. The third-order valence-electron chi connectivity index (χ3n) is 4.52. The zero-order valence-electron chi connectivity index (χ0n) is 13.4. The van der Waals surface area contributed by atoms with Gasteiger partial charge in [0.1, 0.15) is 0 Å². The quantitative estimate of drug-likeness (QED) is 0.743. The molecule has 1 fully saturated rings. The summed E-state index contributed by atoms with van der Waals surface area (Å²) in [5, 5.41) is 0. The SMILES string of the molecule is CS(=O)(=O)N(CC(=O)N1CCc2ccccc21)C1CCS(=O)(=O)C1. The van der Waals surface area contributed by atoms with Crippen molar-refractivity contribution in [3.63, 3.8) is 0 Å². The van der Waals surface area contributed by atoms with Crippen molar-refractivity contribution in [3.8, 4) is 0 Å². The van der Waals surface area contributed by atoms with E-state index in [4.69, 9.17) is 0 Å². The number of sulfone groups is 1. The summed E-state index contributed by atoms with van der Waals surface area (Å²) in [6.45, 7) is 0.187. The molecule has 24 heavy (non-hydrogen) atoms. The van der Waals surface area contributed by atoms with Crippen LogP contribution in [0.5, 0.6) is 0 Å². The van der Waals surface area contributed by atoms with E-state index in [0.717, 1.165) is 28.2 Å². The van der Waals surface area contributed by atoms with Crippen LogP contribution in [0, 0.1) is 0 Å². The van der Waals surface area contributed by atoms with Gasteiger partial charge in [-0.25, -0.2) is 16.8 Å². The number of rotatable bonds is 4. The van der Waals surface area contributed by atoms with Crippen LogP contribution in [-0.2, 0) is 31.1 Å². The number of nitrogens with zero attached hydrogens (tertiary/aromatic N) is 2. The minimum atomic E-state index is -3.68. The Kier molecular flexibility index (Phi) is 4.43. The Balaban J connectivity index is 1.80. The molecule has 0 aliphatic carbocycles. The van der Waals surface area contributed by atoms with E-state index in [0.29, 0.717) is 6.54 Å². The van der Waals surface area contributed by atoms with Gasteiger partial charge < -0.3 is 4.90 Å². The van der Waals surface area contributed by atoms with Gasteiger partial charge >= 0.3 is 0 Å². The third kappa shape index (κ3) is 3.47. The van der Waals surface area contributed by atoms with Gasteiger partial charge in [-0.05, 0) is 24.5 Å². The number of benzene rings is 1. The minimum Gasteiger partial charge on any atom is -0.311 e. The topological polar surface area (TPSA) is 91.8 Å². The molecule has 2 heterocycles. The monoisotopic (exact) mass is 372 g/mol. The van der Waals surface area contributed by atoms with Gasteiger partial charge in [-0.1, -0.05) is 18.2 Å². The Bertz CT molecular complexity index is 864. The highest BCUT2D eigenvalue weighted by Gasteiger charge is 2.38. The predicted molar refractivity (Wildman–Crippen MR) is 91.1 cm³/mol. The maximum absolute atomic E-state index is 12.7. The van der Waals surface area contributed by atoms with Crippen LogP contribution in [0.25, 0.3) is 0 Å². The molecule has 0 N–H and O–H groups in total.